The van der Waals surface area contributed by atoms with E-state index in [4.69, 9.17) is 25.7 Å². The maximum Gasteiger partial charge on any atom is 0.219 e. The Hall–Kier alpha value is -1.35. The number of nitrogens with two attached hydrogens (primary N) is 2. The maximum atomic E-state index is 10.9. The van der Waals surface area contributed by atoms with E-state index in [9.17, 15) is 14.4 Å². The fraction of sp³-hybridized carbons (Fsp3) is 0.800. The summed E-state index contributed by atoms with van der Waals surface area (Å²) in [5.41, 5.74) is 10.3. The Labute approximate surface area is 136 Å². The van der Waals surface area contributed by atoms with Crippen LogP contribution in [-0.4, -0.2) is 62.7 Å². The van der Waals surface area contributed by atoms with Crippen LogP contribution in [0.3, 0.4) is 0 Å². The minimum Gasteiger partial charge on any atom is -0.379 e. The van der Waals surface area contributed by atoms with Crippen molar-refractivity contribution in [1.82, 2.24) is 0 Å². The van der Waals surface area contributed by atoms with E-state index in [1.54, 1.807) is 0 Å². The van der Waals surface area contributed by atoms with Gasteiger partial charge < -0.3 is 25.7 Å². The summed E-state index contributed by atoms with van der Waals surface area (Å²) in [6, 6.07) is 0. The second-order valence-electron chi connectivity index (χ2n) is 5.64. The number of carbonyl (C=O) groups is 3. The second-order valence-corrected chi connectivity index (χ2v) is 5.64. The normalized spacial score (nSPS) is 11.4. The first-order chi connectivity index (χ1) is 10.7. The summed E-state index contributed by atoms with van der Waals surface area (Å²) in [6.07, 6.45) is 0.722. The van der Waals surface area contributed by atoms with Crippen molar-refractivity contribution in [3.63, 3.8) is 0 Å². The molecule has 0 heterocycles. The Balaban J connectivity index is 4.23. The van der Waals surface area contributed by atoms with Crippen LogP contribution < -0.4 is 11.5 Å². The Morgan fingerprint density at radius 2 is 1.13 bits per heavy atom. The number of amides is 1. The molecule has 0 unspecified atom stereocenters. The van der Waals surface area contributed by atoms with Gasteiger partial charge in [0.2, 0.25) is 5.91 Å². The molecule has 0 aliphatic carbocycles. The molecule has 0 spiro atoms. The molecule has 134 valence electrons. The van der Waals surface area contributed by atoms with Gasteiger partial charge in [0, 0.05) is 19.3 Å². The molecule has 4 N–H and O–H groups in total. The summed E-state index contributed by atoms with van der Waals surface area (Å²) in [6.45, 7) is 4.04. The topological polar surface area (TPSA) is 131 Å². The van der Waals surface area contributed by atoms with Crippen LogP contribution in [0.15, 0.2) is 0 Å². The van der Waals surface area contributed by atoms with Crippen LogP contribution in [0.25, 0.3) is 0 Å². The SMILES string of the molecule is CC(=O)CCOCC(N)(COCCC(C)=O)COCCC(N)=O. The average Bonchev–Trinajstić information content (AvgIpc) is 2.44. The number of ketones is 2. The molecule has 0 aliphatic rings. The Bertz CT molecular complexity index is 331. The van der Waals surface area contributed by atoms with Gasteiger partial charge in [0.1, 0.15) is 11.6 Å². The lowest BCUT2D eigenvalue weighted by Crippen LogP contribution is -2.53. The molecule has 0 aliphatic heterocycles. The van der Waals surface area contributed by atoms with Crippen molar-refractivity contribution in [3.05, 3.63) is 0 Å². The number of hydrogen-bond acceptors (Lipinski definition) is 7. The minimum atomic E-state index is -0.925. The van der Waals surface area contributed by atoms with E-state index in [1.807, 2.05) is 0 Å². The van der Waals surface area contributed by atoms with Gasteiger partial charge in [-0.3, -0.25) is 14.4 Å². The van der Waals surface area contributed by atoms with Gasteiger partial charge >= 0.3 is 0 Å². The highest BCUT2D eigenvalue weighted by atomic mass is 16.5. The molecule has 1 amide bonds. The summed E-state index contributed by atoms with van der Waals surface area (Å²) in [4.78, 5) is 32.4. The molecule has 0 fully saturated rings. The molecule has 0 aromatic carbocycles. The van der Waals surface area contributed by atoms with Gasteiger partial charge in [-0.25, -0.2) is 0 Å². The number of hydrogen-bond donors (Lipinski definition) is 2. The van der Waals surface area contributed by atoms with Gasteiger partial charge in [0.05, 0.1) is 45.2 Å². The Morgan fingerprint density at radius 3 is 1.43 bits per heavy atom. The first kappa shape index (κ1) is 21.6. The number of carbonyl (C=O) groups excluding carboxylic acids is 3. The van der Waals surface area contributed by atoms with Crippen LogP contribution in [0.2, 0.25) is 0 Å². The van der Waals surface area contributed by atoms with E-state index < -0.39 is 11.4 Å². The van der Waals surface area contributed by atoms with Crippen LogP contribution in [0, 0.1) is 0 Å². The van der Waals surface area contributed by atoms with Gasteiger partial charge in [-0.2, -0.15) is 0 Å². The van der Waals surface area contributed by atoms with Crippen molar-refractivity contribution in [2.75, 3.05) is 39.6 Å². The van der Waals surface area contributed by atoms with E-state index >= 15 is 0 Å². The predicted octanol–water partition coefficient (Wildman–Crippen LogP) is -0.433. The monoisotopic (exact) mass is 332 g/mol. The third-order valence-corrected chi connectivity index (χ3v) is 2.86. The number of primary amides is 1. The summed E-state index contributed by atoms with van der Waals surface area (Å²) >= 11 is 0. The molecule has 0 atom stereocenters. The van der Waals surface area contributed by atoms with Crippen LogP contribution in [0.5, 0.6) is 0 Å². The summed E-state index contributed by atoms with van der Waals surface area (Å²) in [5.74, 6) is -0.394. The molecule has 8 nitrogen and oxygen atoms in total. The third kappa shape index (κ3) is 14.0. The van der Waals surface area contributed by atoms with Gasteiger partial charge in [0.25, 0.3) is 0 Å². The fourth-order valence-corrected chi connectivity index (χ4v) is 1.56. The summed E-state index contributed by atoms with van der Waals surface area (Å²) in [7, 11) is 0. The lowest BCUT2D eigenvalue weighted by molar-refractivity contribution is -0.119. The summed E-state index contributed by atoms with van der Waals surface area (Å²) in [5, 5.41) is 0. The van der Waals surface area contributed by atoms with Crippen LogP contribution >= 0.6 is 0 Å². The van der Waals surface area contributed by atoms with E-state index in [1.165, 1.54) is 13.8 Å². The molecule has 23 heavy (non-hydrogen) atoms. The molecule has 0 bridgehead atoms. The lowest BCUT2D eigenvalue weighted by atomic mass is 10.1. The maximum absolute atomic E-state index is 10.9. The van der Waals surface area contributed by atoms with E-state index in [0.29, 0.717) is 12.8 Å². The first-order valence-electron chi connectivity index (χ1n) is 7.54. The molecule has 8 heteroatoms. The van der Waals surface area contributed by atoms with Crippen LogP contribution in [0.1, 0.15) is 33.1 Å². The smallest absolute Gasteiger partial charge is 0.219 e. The molecular formula is C15H28N2O6. The van der Waals surface area contributed by atoms with Crippen LogP contribution in [-0.2, 0) is 28.6 Å². The largest absolute Gasteiger partial charge is 0.379 e. The van der Waals surface area contributed by atoms with Crippen molar-refractivity contribution in [1.29, 1.82) is 0 Å². The van der Waals surface area contributed by atoms with Gasteiger partial charge in [-0.1, -0.05) is 0 Å². The highest BCUT2D eigenvalue weighted by Gasteiger charge is 2.26. The van der Waals surface area contributed by atoms with Crippen molar-refractivity contribution in [2.24, 2.45) is 11.5 Å². The molecule has 0 aromatic heterocycles. The van der Waals surface area contributed by atoms with E-state index in [0.717, 1.165) is 0 Å². The second kappa shape index (κ2) is 12.1. The molecule has 0 saturated heterocycles. The van der Waals surface area contributed by atoms with Gasteiger partial charge in [-0.15, -0.1) is 0 Å². The number of Topliss-reactive ketones (excluding diaryl/α,β-unsaturated/α-hetero) is 2. The van der Waals surface area contributed by atoms with Crippen LogP contribution in [0.4, 0.5) is 0 Å². The number of rotatable bonds is 15. The standard InChI is InChI=1S/C15H28N2O6/c1-12(18)3-6-21-9-15(17,10-22-7-4-13(2)19)11-23-8-5-14(16)20/h3-11,17H2,1-2H3,(H2,16,20). The average molecular weight is 332 g/mol. The molecule has 0 aromatic rings. The quantitative estimate of drug-likeness (QED) is 0.389. The lowest BCUT2D eigenvalue weighted by Gasteiger charge is -2.28. The zero-order valence-electron chi connectivity index (χ0n) is 14.0. The van der Waals surface area contributed by atoms with Gasteiger partial charge in [-0.05, 0) is 13.8 Å². The highest BCUT2D eigenvalue weighted by Crippen LogP contribution is 2.06. The van der Waals surface area contributed by atoms with Crippen molar-refractivity contribution in [3.8, 4) is 0 Å². The molecule has 0 rings (SSSR count). The van der Waals surface area contributed by atoms with E-state index in [2.05, 4.69) is 0 Å². The van der Waals surface area contributed by atoms with Crippen molar-refractivity contribution < 1.29 is 28.6 Å². The van der Waals surface area contributed by atoms with Crippen molar-refractivity contribution >= 4 is 17.5 Å². The first-order valence-corrected chi connectivity index (χ1v) is 7.54. The third-order valence-electron chi connectivity index (χ3n) is 2.86. The minimum absolute atomic E-state index is 0.0306. The molecule has 0 saturated carbocycles. The number of ether oxygens (including phenoxy) is 3. The Kier molecular flexibility index (Phi) is 11.4. The van der Waals surface area contributed by atoms with Crippen molar-refractivity contribution in [2.45, 2.75) is 38.6 Å². The Morgan fingerprint density at radius 1 is 0.783 bits per heavy atom. The zero-order chi connectivity index (χ0) is 17.7. The van der Waals surface area contributed by atoms with Gasteiger partial charge in [0.15, 0.2) is 0 Å². The predicted molar refractivity (Wildman–Crippen MR) is 83.8 cm³/mol. The molecule has 0 radical (unpaired) electrons. The zero-order valence-corrected chi connectivity index (χ0v) is 14.0. The summed E-state index contributed by atoms with van der Waals surface area (Å²) < 4.78 is 16.1. The fourth-order valence-electron chi connectivity index (χ4n) is 1.56. The highest BCUT2D eigenvalue weighted by molar-refractivity contribution is 5.75. The van der Waals surface area contributed by atoms with E-state index in [-0.39, 0.29) is 57.6 Å². The molecular weight excluding hydrogens is 304 g/mol.